The van der Waals surface area contributed by atoms with Gasteiger partial charge in [0.2, 0.25) is 0 Å². The van der Waals surface area contributed by atoms with E-state index in [1.165, 1.54) is 28.5 Å². The first kappa shape index (κ1) is 25.0. The Morgan fingerprint density at radius 1 is 0.941 bits per heavy atom. The van der Waals surface area contributed by atoms with E-state index in [0.29, 0.717) is 17.3 Å². The number of carbonyl (C=O) groups excluding carboxylic acids is 1. The summed E-state index contributed by atoms with van der Waals surface area (Å²) in [7, 11) is 0. The second kappa shape index (κ2) is 12.0. The van der Waals surface area contributed by atoms with Crippen molar-refractivity contribution in [1.29, 1.82) is 0 Å². The summed E-state index contributed by atoms with van der Waals surface area (Å²) in [6.45, 7) is 6.63. The Morgan fingerprint density at radius 2 is 1.59 bits per heavy atom. The summed E-state index contributed by atoms with van der Waals surface area (Å²) in [5.41, 5.74) is 5.30. The monoisotopic (exact) mass is 459 g/mol. The highest BCUT2D eigenvalue weighted by molar-refractivity contribution is 5.94. The van der Waals surface area contributed by atoms with Crippen molar-refractivity contribution in [1.82, 2.24) is 10.3 Å². The van der Waals surface area contributed by atoms with Gasteiger partial charge in [-0.2, -0.15) is 0 Å². The van der Waals surface area contributed by atoms with Gasteiger partial charge in [0.15, 0.2) is 0 Å². The van der Waals surface area contributed by atoms with Crippen LogP contribution in [0, 0.1) is 5.92 Å². The number of carboxylic acids is 1. The van der Waals surface area contributed by atoms with E-state index in [2.05, 4.69) is 84.9 Å². The number of hydrogen-bond acceptors (Lipinski definition) is 4. The van der Waals surface area contributed by atoms with Gasteiger partial charge < -0.3 is 15.7 Å². The molecule has 0 fully saturated rings. The van der Waals surface area contributed by atoms with Crippen LogP contribution in [0.3, 0.4) is 0 Å². The van der Waals surface area contributed by atoms with Crippen LogP contribution in [-0.2, 0) is 11.2 Å². The van der Waals surface area contributed by atoms with Gasteiger partial charge in [0.1, 0.15) is 5.82 Å². The first-order chi connectivity index (χ1) is 16.4. The molecule has 0 bridgehead atoms. The lowest BCUT2D eigenvalue weighted by molar-refractivity contribution is -0.136. The summed E-state index contributed by atoms with van der Waals surface area (Å²) >= 11 is 0. The number of rotatable bonds is 11. The van der Waals surface area contributed by atoms with Crippen molar-refractivity contribution in [3.8, 4) is 11.1 Å². The molecule has 6 nitrogen and oxygen atoms in total. The Kier molecular flexibility index (Phi) is 8.79. The van der Waals surface area contributed by atoms with E-state index in [4.69, 9.17) is 5.11 Å². The van der Waals surface area contributed by atoms with Gasteiger partial charge in [0, 0.05) is 12.7 Å². The van der Waals surface area contributed by atoms with Crippen LogP contribution < -0.4 is 10.6 Å². The number of amides is 1. The molecule has 3 rings (SSSR count). The zero-order chi connectivity index (χ0) is 24.5. The summed E-state index contributed by atoms with van der Waals surface area (Å²) in [6, 6.07) is 20.9. The number of anilines is 1. The van der Waals surface area contributed by atoms with Crippen molar-refractivity contribution in [2.45, 2.75) is 46.1 Å². The third-order valence-electron chi connectivity index (χ3n) is 5.69. The topological polar surface area (TPSA) is 91.3 Å². The van der Waals surface area contributed by atoms with Gasteiger partial charge in [-0.1, -0.05) is 69.3 Å². The molecule has 0 saturated heterocycles. The van der Waals surface area contributed by atoms with Crippen LogP contribution in [0.2, 0.25) is 0 Å². The number of aryl methyl sites for hydroxylation is 1. The molecule has 6 heteroatoms. The molecule has 1 amide bonds. The van der Waals surface area contributed by atoms with E-state index in [1.807, 2.05) is 0 Å². The molecule has 3 aromatic rings. The van der Waals surface area contributed by atoms with Crippen molar-refractivity contribution in [2.24, 2.45) is 5.92 Å². The Bertz CT molecular complexity index is 1080. The van der Waals surface area contributed by atoms with Gasteiger partial charge >= 0.3 is 5.97 Å². The van der Waals surface area contributed by atoms with E-state index in [0.717, 1.165) is 12.8 Å². The maximum Gasteiger partial charge on any atom is 0.305 e. The fourth-order valence-corrected chi connectivity index (χ4v) is 3.77. The van der Waals surface area contributed by atoms with E-state index in [1.54, 1.807) is 12.1 Å². The lowest BCUT2D eigenvalue weighted by Crippen LogP contribution is -2.26. The molecule has 0 saturated carbocycles. The van der Waals surface area contributed by atoms with Gasteiger partial charge in [-0.3, -0.25) is 9.59 Å². The van der Waals surface area contributed by atoms with Crippen LogP contribution in [0.25, 0.3) is 11.1 Å². The minimum atomic E-state index is -0.948. The first-order valence-electron chi connectivity index (χ1n) is 11.8. The normalized spacial score (nSPS) is 11.8. The van der Waals surface area contributed by atoms with Crippen LogP contribution >= 0.6 is 0 Å². The Morgan fingerprint density at radius 3 is 2.12 bits per heavy atom. The number of pyridine rings is 1. The fraction of sp³-hybridized carbons (Fsp3) is 0.321. The maximum absolute atomic E-state index is 12.1. The lowest BCUT2D eigenvalue weighted by Gasteiger charge is -2.22. The van der Waals surface area contributed by atoms with Gasteiger partial charge in [-0.05, 0) is 53.1 Å². The molecule has 1 aromatic heterocycles. The number of benzene rings is 2. The number of nitrogens with zero attached hydrogens (tertiary/aromatic N) is 1. The van der Waals surface area contributed by atoms with Crippen LogP contribution in [0.5, 0.6) is 0 Å². The average molecular weight is 460 g/mol. The van der Waals surface area contributed by atoms with Gasteiger partial charge in [-0.15, -0.1) is 0 Å². The second-order valence-corrected chi connectivity index (χ2v) is 8.83. The van der Waals surface area contributed by atoms with E-state index < -0.39 is 5.97 Å². The first-order valence-corrected chi connectivity index (χ1v) is 11.8. The van der Waals surface area contributed by atoms with Crippen molar-refractivity contribution >= 4 is 17.7 Å². The lowest BCUT2D eigenvalue weighted by atomic mass is 9.94. The molecule has 0 aliphatic heterocycles. The minimum absolute atomic E-state index is 0.0826. The SMILES string of the molecule is CCc1ccc(-c2ccc(C(CC(C)C)Nc3ccc(C(=O)NCCC(=O)O)cn3)cc2)cc1. The standard InChI is InChI=1S/C28H33N3O3/c1-4-20-5-7-21(8-6-20)22-9-11-23(12-10-22)25(17-19(2)3)31-26-14-13-24(18-30-26)28(34)29-16-15-27(32)33/h5-14,18-19,25H,4,15-17H2,1-3H3,(H,29,34)(H,30,31)(H,32,33). The van der Waals surface area contributed by atoms with Gasteiger partial charge in [0.05, 0.1) is 18.0 Å². The molecule has 2 aromatic carbocycles. The molecular formula is C28H33N3O3. The molecule has 34 heavy (non-hydrogen) atoms. The highest BCUT2D eigenvalue weighted by Crippen LogP contribution is 2.28. The van der Waals surface area contributed by atoms with Crippen molar-refractivity contribution in [3.63, 3.8) is 0 Å². The molecule has 1 atom stereocenters. The number of carbonyl (C=O) groups is 2. The molecule has 0 radical (unpaired) electrons. The van der Waals surface area contributed by atoms with E-state index in [-0.39, 0.29) is 24.9 Å². The average Bonchev–Trinajstić information content (AvgIpc) is 2.83. The predicted molar refractivity (Wildman–Crippen MR) is 136 cm³/mol. The molecule has 0 spiro atoms. The third kappa shape index (κ3) is 7.17. The third-order valence-corrected chi connectivity index (χ3v) is 5.69. The Labute approximate surface area is 201 Å². The number of carboxylic acid groups (broad SMARTS) is 1. The Balaban J connectivity index is 1.69. The quantitative estimate of drug-likeness (QED) is 0.341. The van der Waals surface area contributed by atoms with Gasteiger partial charge in [0.25, 0.3) is 5.91 Å². The van der Waals surface area contributed by atoms with Crippen LogP contribution in [0.15, 0.2) is 66.9 Å². The Hall–Kier alpha value is -3.67. The highest BCUT2D eigenvalue weighted by Gasteiger charge is 2.15. The number of nitrogens with one attached hydrogen (secondary N) is 2. The van der Waals surface area contributed by atoms with Crippen molar-refractivity contribution in [3.05, 3.63) is 83.6 Å². The summed E-state index contributed by atoms with van der Waals surface area (Å²) in [4.78, 5) is 27.2. The van der Waals surface area contributed by atoms with E-state index in [9.17, 15) is 9.59 Å². The van der Waals surface area contributed by atoms with Crippen molar-refractivity contribution < 1.29 is 14.7 Å². The van der Waals surface area contributed by atoms with Crippen molar-refractivity contribution in [2.75, 3.05) is 11.9 Å². The zero-order valence-corrected chi connectivity index (χ0v) is 20.0. The molecule has 3 N–H and O–H groups in total. The largest absolute Gasteiger partial charge is 0.481 e. The van der Waals surface area contributed by atoms with Crippen LogP contribution in [0.1, 0.15) is 61.1 Å². The number of hydrogen-bond donors (Lipinski definition) is 3. The number of aliphatic carboxylic acids is 1. The number of aromatic nitrogens is 1. The predicted octanol–water partition coefficient (Wildman–Crippen LogP) is 5.71. The molecule has 0 aliphatic carbocycles. The van der Waals surface area contributed by atoms with Crippen LogP contribution in [-0.4, -0.2) is 28.5 Å². The molecule has 1 unspecified atom stereocenters. The molecular weight excluding hydrogens is 426 g/mol. The summed E-state index contributed by atoms with van der Waals surface area (Å²) in [6.07, 6.45) is 3.36. The van der Waals surface area contributed by atoms with Crippen LogP contribution in [0.4, 0.5) is 5.82 Å². The smallest absolute Gasteiger partial charge is 0.305 e. The molecule has 0 aliphatic rings. The molecule has 178 valence electrons. The van der Waals surface area contributed by atoms with Gasteiger partial charge in [-0.25, -0.2) is 4.98 Å². The summed E-state index contributed by atoms with van der Waals surface area (Å²) in [5, 5.41) is 14.8. The second-order valence-electron chi connectivity index (χ2n) is 8.83. The molecule has 1 heterocycles. The fourth-order valence-electron chi connectivity index (χ4n) is 3.77. The zero-order valence-electron chi connectivity index (χ0n) is 20.0. The maximum atomic E-state index is 12.1. The summed E-state index contributed by atoms with van der Waals surface area (Å²) < 4.78 is 0. The summed E-state index contributed by atoms with van der Waals surface area (Å²) in [5.74, 6) is -0.108. The highest BCUT2D eigenvalue weighted by atomic mass is 16.4. The minimum Gasteiger partial charge on any atom is -0.481 e. The van der Waals surface area contributed by atoms with E-state index >= 15 is 0 Å².